The van der Waals surface area contributed by atoms with Gasteiger partial charge in [0.2, 0.25) is 11.7 Å². The van der Waals surface area contributed by atoms with E-state index in [0.717, 1.165) is 18.2 Å². The molecule has 0 aromatic heterocycles. The second kappa shape index (κ2) is 4.87. The zero-order valence-electron chi connectivity index (χ0n) is 10.3. The molecular formula is C12H11FN2O5. The molecule has 106 valence electrons. The lowest BCUT2D eigenvalue weighted by atomic mass is 9.68. The summed E-state index contributed by atoms with van der Waals surface area (Å²) in [5.41, 5.74) is -2.19. The van der Waals surface area contributed by atoms with E-state index in [-0.39, 0.29) is 18.5 Å². The normalized spacial score (nSPS) is 16.1. The van der Waals surface area contributed by atoms with Crippen molar-refractivity contribution in [2.45, 2.75) is 19.3 Å². The summed E-state index contributed by atoms with van der Waals surface area (Å²) >= 11 is 0. The molecule has 1 amide bonds. The minimum absolute atomic E-state index is 0.00868. The minimum Gasteiger partial charge on any atom is -0.480 e. The summed E-state index contributed by atoms with van der Waals surface area (Å²) in [5, 5.41) is 21.8. The van der Waals surface area contributed by atoms with Gasteiger partial charge in [-0.2, -0.15) is 4.39 Å². The smallest absolute Gasteiger partial charge is 0.319 e. The summed E-state index contributed by atoms with van der Waals surface area (Å²) in [7, 11) is 0. The van der Waals surface area contributed by atoms with Crippen molar-refractivity contribution < 1.29 is 24.0 Å². The average Bonchev–Trinajstić information content (AvgIpc) is 2.25. The van der Waals surface area contributed by atoms with Gasteiger partial charge in [0.05, 0.1) is 4.92 Å². The Labute approximate surface area is 112 Å². The Morgan fingerprint density at radius 3 is 2.45 bits per heavy atom. The Morgan fingerprint density at radius 1 is 1.40 bits per heavy atom. The number of carbonyl (C=O) groups is 2. The van der Waals surface area contributed by atoms with Crippen LogP contribution in [-0.2, 0) is 9.59 Å². The fourth-order valence-corrected chi connectivity index (χ4v) is 2.05. The fraction of sp³-hybridized carbons (Fsp3) is 0.333. The molecule has 0 heterocycles. The number of nitrogens with one attached hydrogen (secondary N) is 1. The number of nitro groups is 1. The van der Waals surface area contributed by atoms with E-state index < -0.39 is 33.7 Å². The summed E-state index contributed by atoms with van der Waals surface area (Å²) in [6.07, 6.45) is 1.08. The number of nitro benzene ring substituents is 1. The van der Waals surface area contributed by atoms with Crippen LogP contribution in [0.5, 0.6) is 0 Å². The molecule has 0 radical (unpaired) electrons. The van der Waals surface area contributed by atoms with Crippen molar-refractivity contribution in [1.82, 2.24) is 0 Å². The van der Waals surface area contributed by atoms with E-state index in [1.165, 1.54) is 0 Å². The third-order valence-corrected chi connectivity index (χ3v) is 3.45. The van der Waals surface area contributed by atoms with Crippen LogP contribution in [0.1, 0.15) is 19.3 Å². The quantitative estimate of drug-likeness (QED) is 0.498. The summed E-state index contributed by atoms with van der Waals surface area (Å²) in [5.74, 6) is -3.04. The molecule has 0 unspecified atom stereocenters. The fourth-order valence-electron chi connectivity index (χ4n) is 2.05. The molecule has 1 aliphatic rings. The first-order valence-electron chi connectivity index (χ1n) is 5.85. The minimum atomic E-state index is -1.47. The Balaban J connectivity index is 2.18. The molecule has 2 N–H and O–H groups in total. The number of hydrogen-bond donors (Lipinski definition) is 2. The molecule has 1 aromatic carbocycles. The number of aliphatic carboxylic acids is 1. The first-order chi connectivity index (χ1) is 9.36. The van der Waals surface area contributed by atoms with Gasteiger partial charge in [-0.05, 0) is 18.9 Å². The van der Waals surface area contributed by atoms with Gasteiger partial charge in [0.1, 0.15) is 5.41 Å². The van der Waals surface area contributed by atoms with E-state index in [2.05, 4.69) is 5.32 Å². The summed E-state index contributed by atoms with van der Waals surface area (Å²) < 4.78 is 13.4. The first kappa shape index (κ1) is 13.9. The highest BCUT2D eigenvalue weighted by Crippen LogP contribution is 2.42. The van der Waals surface area contributed by atoms with Gasteiger partial charge in [0, 0.05) is 17.8 Å². The van der Waals surface area contributed by atoms with E-state index in [1.807, 2.05) is 0 Å². The zero-order chi connectivity index (χ0) is 14.9. The van der Waals surface area contributed by atoms with E-state index in [4.69, 9.17) is 5.11 Å². The van der Waals surface area contributed by atoms with Crippen LogP contribution in [0.4, 0.5) is 15.8 Å². The van der Waals surface area contributed by atoms with Crippen molar-refractivity contribution in [3.05, 3.63) is 34.1 Å². The SMILES string of the molecule is O=C(O)C1(C(=O)Nc2ccc([N+](=O)[O-])c(F)c2)CCC1. The van der Waals surface area contributed by atoms with Gasteiger partial charge < -0.3 is 10.4 Å². The number of nitrogens with zero attached hydrogens (tertiary/aromatic N) is 1. The highest BCUT2D eigenvalue weighted by molar-refractivity contribution is 6.09. The molecule has 7 nitrogen and oxygen atoms in total. The number of carboxylic acid groups (broad SMARTS) is 1. The van der Waals surface area contributed by atoms with Crippen LogP contribution >= 0.6 is 0 Å². The van der Waals surface area contributed by atoms with E-state index in [9.17, 15) is 24.1 Å². The molecule has 0 atom stereocenters. The van der Waals surface area contributed by atoms with Gasteiger partial charge in [-0.15, -0.1) is 0 Å². The molecule has 1 saturated carbocycles. The molecule has 0 aliphatic heterocycles. The molecule has 0 spiro atoms. The molecule has 20 heavy (non-hydrogen) atoms. The van der Waals surface area contributed by atoms with Crippen molar-refractivity contribution in [2.24, 2.45) is 5.41 Å². The zero-order valence-corrected chi connectivity index (χ0v) is 10.3. The molecule has 0 bridgehead atoms. The van der Waals surface area contributed by atoms with Crippen LogP contribution in [0.25, 0.3) is 0 Å². The van der Waals surface area contributed by atoms with Gasteiger partial charge in [-0.3, -0.25) is 19.7 Å². The van der Waals surface area contributed by atoms with Crippen LogP contribution in [-0.4, -0.2) is 21.9 Å². The summed E-state index contributed by atoms with van der Waals surface area (Å²) in [4.78, 5) is 32.6. The lowest BCUT2D eigenvalue weighted by Gasteiger charge is -2.35. The Kier molecular flexibility index (Phi) is 3.39. The van der Waals surface area contributed by atoms with E-state index in [1.54, 1.807) is 0 Å². The largest absolute Gasteiger partial charge is 0.480 e. The van der Waals surface area contributed by atoms with E-state index >= 15 is 0 Å². The number of halogens is 1. The van der Waals surface area contributed by atoms with Crippen LogP contribution in [0.15, 0.2) is 18.2 Å². The van der Waals surface area contributed by atoms with Crippen LogP contribution < -0.4 is 5.32 Å². The highest BCUT2D eigenvalue weighted by Gasteiger charge is 2.51. The van der Waals surface area contributed by atoms with E-state index in [0.29, 0.717) is 6.42 Å². The van der Waals surface area contributed by atoms with Crippen LogP contribution in [0, 0.1) is 21.3 Å². The summed E-state index contributed by atoms with van der Waals surface area (Å²) in [6, 6.07) is 2.87. The number of carbonyl (C=O) groups excluding carboxylic acids is 1. The van der Waals surface area contributed by atoms with Gasteiger partial charge in [-0.25, -0.2) is 0 Å². The lowest BCUT2D eigenvalue weighted by Crippen LogP contribution is -2.48. The Bertz CT molecular complexity index is 598. The number of benzene rings is 1. The maximum Gasteiger partial charge on any atom is 0.319 e. The van der Waals surface area contributed by atoms with Crippen molar-refractivity contribution in [3.8, 4) is 0 Å². The predicted octanol–water partition coefficient (Wildman–Crippen LogP) is 1.93. The standard InChI is InChI=1S/C12H11FN2O5/c13-8-6-7(2-3-9(8)15(19)20)14-10(16)12(11(17)18)4-1-5-12/h2-3,6H,1,4-5H2,(H,14,16)(H,17,18). The number of hydrogen-bond acceptors (Lipinski definition) is 4. The second-order valence-electron chi connectivity index (χ2n) is 4.62. The van der Waals surface area contributed by atoms with Crippen LogP contribution in [0.3, 0.4) is 0 Å². The third kappa shape index (κ3) is 2.20. The lowest BCUT2D eigenvalue weighted by molar-refractivity contribution is -0.387. The van der Waals surface area contributed by atoms with Crippen LogP contribution in [0.2, 0.25) is 0 Å². The number of carboxylic acids is 1. The number of rotatable bonds is 4. The first-order valence-corrected chi connectivity index (χ1v) is 5.85. The Hall–Kier alpha value is -2.51. The van der Waals surface area contributed by atoms with Crippen molar-refractivity contribution in [2.75, 3.05) is 5.32 Å². The molecular weight excluding hydrogens is 271 g/mol. The maximum absolute atomic E-state index is 13.4. The summed E-state index contributed by atoms with van der Waals surface area (Å²) in [6.45, 7) is 0. The van der Waals surface area contributed by atoms with Gasteiger partial charge in [0.15, 0.2) is 0 Å². The van der Waals surface area contributed by atoms with Gasteiger partial charge >= 0.3 is 11.7 Å². The highest BCUT2D eigenvalue weighted by atomic mass is 19.1. The number of anilines is 1. The molecule has 1 aromatic rings. The number of amides is 1. The van der Waals surface area contributed by atoms with Crippen molar-refractivity contribution >= 4 is 23.3 Å². The predicted molar refractivity (Wildman–Crippen MR) is 65.6 cm³/mol. The van der Waals surface area contributed by atoms with Gasteiger partial charge in [-0.1, -0.05) is 6.42 Å². The van der Waals surface area contributed by atoms with Crippen molar-refractivity contribution in [3.63, 3.8) is 0 Å². The average molecular weight is 282 g/mol. The van der Waals surface area contributed by atoms with Crippen molar-refractivity contribution in [1.29, 1.82) is 0 Å². The molecule has 0 saturated heterocycles. The molecule has 8 heteroatoms. The van der Waals surface area contributed by atoms with Gasteiger partial charge in [0.25, 0.3) is 0 Å². The Morgan fingerprint density at radius 2 is 2.05 bits per heavy atom. The maximum atomic E-state index is 13.4. The monoisotopic (exact) mass is 282 g/mol. The third-order valence-electron chi connectivity index (χ3n) is 3.45. The molecule has 1 aliphatic carbocycles. The second-order valence-corrected chi connectivity index (χ2v) is 4.62. The molecule has 2 rings (SSSR count). The topological polar surface area (TPSA) is 110 Å². The molecule has 1 fully saturated rings.